The number of aromatic nitrogens is 3. The number of guanidine groups is 1. The maximum absolute atomic E-state index is 8.89. The molecule has 106 valence electrons. The van der Waals surface area contributed by atoms with Crippen molar-refractivity contribution in [3.05, 3.63) is 11.9 Å². The topological polar surface area (TPSA) is 95.8 Å². The molecule has 0 amide bonds. The molecule has 19 heavy (non-hydrogen) atoms. The highest BCUT2D eigenvalue weighted by Gasteiger charge is 2.29. The molecule has 0 bridgehead atoms. The molecule has 2 rings (SSSR count). The summed E-state index contributed by atoms with van der Waals surface area (Å²) < 4.78 is 1.63. The van der Waals surface area contributed by atoms with Crippen molar-refractivity contribution in [2.24, 2.45) is 10.7 Å². The van der Waals surface area contributed by atoms with E-state index in [0.29, 0.717) is 19.0 Å². The Balaban J connectivity index is 2.05. The molecule has 1 atom stereocenters. The fraction of sp³-hybridized carbons (Fsp3) is 0.727. The van der Waals surface area contributed by atoms with Gasteiger partial charge < -0.3 is 20.6 Å². The third-order valence-corrected chi connectivity index (χ3v) is 3.11. The van der Waals surface area contributed by atoms with Crippen LogP contribution in [0.15, 0.2) is 11.2 Å². The summed E-state index contributed by atoms with van der Waals surface area (Å²) in [6.45, 7) is 2.82. The first-order valence-electron chi connectivity index (χ1n) is 6.34. The van der Waals surface area contributed by atoms with Gasteiger partial charge in [-0.25, -0.2) is 4.68 Å². The maximum atomic E-state index is 8.89. The second-order valence-corrected chi connectivity index (χ2v) is 4.84. The van der Waals surface area contributed by atoms with Gasteiger partial charge in [-0.3, -0.25) is 4.99 Å². The van der Waals surface area contributed by atoms with Crippen LogP contribution >= 0.6 is 0 Å². The zero-order valence-corrected chi connectivity index (χ0v) is 11.4. The minimum atomic E-state index is 0.0485. The predicted molar refractivity (Wildman–Crippen MR) is 71.6 cm³/mol. The average Bonchev–Trinajstić information content (AvgIpc) is 2.94. The minimum absolute atomic E-state index is 0.0485. The summed E-state index contributed by atoms with van der Waals surface area (Å²) in [4.78, 5) is 8.44. The quantitative estimate of drug-likeness (QED) is 0.651. The van der Waals surface area contributed by atoms with E-state index < -0.39 is 0 Å². The number of hydrogen-bond donors (Lipinski definition) is 2. The van der Waals surface area contributed by atoms with Gasteiger partial charge in [0.2, 0.25) is 0 Å². The first kappa shape index (κ1) is 13.8. The molecule has 8 heteroatoms. The number of aliphatic hydroxyl groups is 1. The second kappa shape index (κ2) is 5.98. The molecule has 3 N–H and O–H groups in total. The molecule has 1 aliphatic rings. The van der Waals surface area contributed by atoms with Crippen LogP contribution in [0.5, 0.6) is 0 Å². The van der Waals surface area contributed by atoms with Crippen LogP contribution in [-0.4, -0.2) is 76.2 Å². The standard InChI is InChI=1S/C11H21N7O/c1-16(2)3-4-18-10(7-13-11(18)12)9-8-17(5-6-19)15-14-9/h8,10,19H,3-7H2,1-2H3,(H2,12,13). The van der Waals surface area contributed by atoms with E-state index >= 15 is 0 Å². The van der Waals surface area contributed by atoms with Crippen LogP contribution in [0.4, 0.5) is 0 Å². The van der Waals surface area contributed by atoms with E-state index in [1.54, 1.807) is 4.68 Å². The van der Waals surface area contributed by atoms with Crippen LogP contribution in [0.25, 0.3) is 0 Å². The number of likely N-dealkylation sites (N-methyl/N-ethyl adjacent to an activating group) is 1. The molecule has 1 aliphatic heterocycles. The molecule has 0 radical (unpaired) electrons. The monoisotopic (exact) mass is 267 g/mol. The third kappa shape index (κ3) is 3.21. The molecule has 1 unspecified atom stereocenters. The number of aliphatic hydroxyl groups excluding tert-OH is 1. The van der Waals surface area contributed by atoms with Crippen LogP contribution in [0, 0.1) is 0 Å². The highest BCUT2D eigenvalue weighted by molar-refractivity contribution is 5.80. The predicted octanol–water partition coefficient (Wildman–Crippen LogP) is -1.50. The molecule has 1 aromatic heterocycles. The average molecular weight is 267 g/mol. The maximum Gasteiger partial charge on any atom is 0.192 e. The van der Waals surface area contributed by atoms with Crippen LogP contribution in [0.3, 0.4) is 0 Å². The summed E-state index contributed by atoms with van der Waals surface area (Å²) in [6.07, 6.45) is 1.84. The van der Waals surface area contributed by atoms with Gasteiger partial charge in [-0.15, -0.1) is 5.10 Å². The van der Waals surface area contributed by atoms with Gasteiger partial charge in [0.15, 0.2) is 5.96 Å². The van der Waals surface area contributed by atoms with Crippen LogP contribution in [0.2, 0.25) is 0 Å². The van der Waals surface area contributed by atoms with Crippen LogP contribution < -0.4 is 5.73 Å². The fourth-order valence-corrected chi connectivity index (χ4v) is 2.04. The normalized spacial score (nSPS) is 19.3. The highest BCUT2D eigenvalue weighted by Crippen LogP contribution is 2.23. The highest BCUT2D eigenvalue weighted by atomic mass is 16.3. The van der Waals surface area contributed by atoms with Crippen molar-refractivity contribution in [3.8, 4) is 0 Å². The molecule has 0 spiro atoms. The van der Waals surface area contributed by atoms with E-state index in [0.717, 1.165) is 18.8 Å². The number of aliphatic imine (C=N–C) groups is 1. The number of rotatable bonds is 6. The van der Waals surface area contributed by atoms with Crippen molar-refractivity contribution in [1.82, 2.24) is 24.8 Å². The molecular formula is C11H21N7O. The van der Waals surface area contributed by atoms with Crippen molar-refractivity contribution in [1.29, 1.82) is 0 Å². The van der Waals surface area contributed by atoms with E-state index in [-0.39, 0.29) is 12.6 Å². The Morgan fingerprint density at radius 1 is 1.47 bits per heavy atom. The third-order valence-electron chi connectivity index (χ3n) is 3.11. The number of nitrogens with two attached hydrogens (primary N) is 1. The lowest BCUT2D eigenvalue weighted by molar-refractivity contribution is 0.268. The lowest BCUT2D eigenvalue weighted by atomic mass is 10.2. The Bertz CT molecular complexity index is 442. The molecule has 1 aromatic rings. The molecule has 0 saturated carbocycles. The van der Waals surface area contributed by atoms with Crippen molar-refractivity contribution in [2.45, 2.75) is 12.6 Å². The van der Waals surface area contributed by atoms with Crippen LogP contribution in [0.1, 0.15) is 11.7 Å². The van der Waals surface area contributed by atoms with Gasteiger partial charge in [0.25, 0.3) is 0 Å². The van der Waals surface area contributed by atoms with E-state index in [2.05, 4.69) is 20.2 Å². The number of nitrogens with zero attached hydrogens (tertiary/aromatic N) is 6. The zero-order chi connectivity index (χ0) is 13.8. The van der Waals surface area contributed by atoms with E-state index in [1.165, 1.54) is 0 Å². The van der Waals surface area contributed by atoms with Gasteiger partial charge in [0.05, 0.1) is 31.9 Å². The van der Waals surface area contributed by atoms with Gasteiger partial charge in [-0.2, -0.15) is 0 Å². The Hall–Kier alpha value is -1.67. The van der Waals surface area contributed by atoms with Crippen molar-refractivity contribution < 1.29 is 5.11 Å². The second-order valence-electron chi connectivity index (χ2n) is 4.84. The lowest BCUT2D eigenvalue weighted by Gasteiger charge is -2.26. The van der Waals surface area contributed by atoms with E-state index in [9.17, 15) is 0 Å². The Labute approximate surface area is 112 Å². The van der Waals surface area contributed by atoms with Gasteiger partial charge >= 0.3 is 0 Å². The van der Waals surface area contributed by atoms with E-state index in [4.69, 9.17) is 10.8 Å². The Kier molecular flexibility index (Phi) is 4.33. The largest absolute Gasteiger partial charge is 0.394 e. The molecular weight excluding hydrogens is 246 g/mol. The Morgan fingerprint density at radius 2 is 2.26 bits per heavy atom. The summed E-state index contributed by atoms with van der Waals surface area (Å²) in [6, 6.07) is 0.0485. The zero-order valence-electron chi connectivity index (χ0n) is 11.4. The lowest BCUT2D eigenvalue weighted by Crippen LogP contribution is -2.40. The fourth-order valence-electron chi connectivity index (χ4n) is 2.04. The minimum Gasteiger partial charge on any atom is -0.394 e. The van der Waals surface area contributed by atoms with E-state index in [1.807, 2.05) is 25.2 Å². The van der Waals surface area contributed by atoms with Gasteiger partial charge in [-0.05, 0) is 14.1 Å². The molecule has 0 saturated heterocycles. The molecule has 0 aromatic carbocycles. The summed E-state index contributed by atoms with van der Waals surface area (Å²) in [5, 5.41) is 17.0. The van der Waals surface area contributed by atoms with Crippen molar-refractivity contribution in [3.63, 3.8) is 0 Å². The molecule has 0 fully saturated rings. The van der Waals surface area contributed by atoms with Crippen molar-refractivity contribution >= 4 is 5.96 Å². The van der Waals surface area contributed by atoms with Gasteiger partial charge in [-0.1, -0.05) is 5.21 Å². The summed E-state index contributed by atoms with van der Waals surface area (Å²) in [7, 11) is 4.05. The summed E-state index contributed by atoms with van der Waals surface area (Å²) in [5.74, 6) is 0.559. The number of hydrogen-bond acceptors (Lipinski definition) is 7. The van der Waals surface area contributed by atoms with Gasteiger partial charge in [0, 0.05) is 13.1 Å². The van der Waals surface area contributed by atoms with Crippen LogP contribution in [-0.2, 0) is 6.54 Å². The summed E-state index contributed by atoms with van der Waals surface area (Å²) >= 11 is 0. The van der Waals surface area contributed by atoms with Gasteiger partial charge in [0.1, 0.15) is 5.69 Å². The first-order chi connectivity index (χ1) is 9.11. The summed E-state index contributed by atoms with van der Waals surface area (Å²) in [5.41, 5.74) is 6.76. The first-order valence-corrected chi connectivity index (χ1v) is 6.34. The SMILES string of the molecule is CN(C)CCN1C(N)=NCC1c1cn(CCO)nn1. The van der Waals surface area contributed by atoms with Crippen molar-refractivity contribution in [2.75, 3.05) is 40.3 Å². The molecule has 2 heterocycles. The smallest absolute Gasteiger partial charge is 0.192 e. The molecule has 8 nitrogen and oxygen atoms in total. The Morgan fingerprint density at radius 3 is 2.95 bits per heavy atom. The molecule has 0 aliphatic carbocycles.